The van der Waals surface area contributed by atoms with Crippen molar-refractivity contribution >= 4 is 17.6 Å². The van der Waals surface area contributed by atoms with E-state index in [-0.39, 0.29) is 11.6 Å². The van der Waals surface area contributed by atoms with Gasteiger partial charge in [0.1, 0.15) is 6.04 Å². The van der Waals surface area contributed by atoms with Crippen LogP contribution in [0.1, 0.15) is 24.0 Å². The second-order valence-electron chi connectivity index (χ2n) is 6.51. The maximum atomic E-state index is 13.1. The zero-order valence-electron chi connectivity index (χ0n) is 12.7. The molecule has 0 radical (unpaired) electrons. The van der Waals surface area contributed by atoms with Crippen LogP contribution in [0.25, 0.3) is 0 Å². The van der Waals surface area contributed by atoms with Gasteiger partial charge in [-0.25, -0.2) is 9.69 Å². The smallest absolute Gasteiger partial charge is 0.391 e. The van der Waals surface area contributed by atoms with E-state index in [0.29, 0.717) is 18.9 Å². The van der Waals surface area contributed by atoms with Gasteiger partial charge in [-0.05, 0) is 37.0 Å². The Hall–Kier alpha value is -2.60. The van der Waals surface area contributed by atoms with Crippen molar-refractivity contribution in [2.75, 3.05) is 4.90 Å². The van der Waals surface area contributed by atoms with E-state index in [0.717, 1.165) is 17.0 Å². The molecule has 3 aliphatic rings. The van der Waals surface area contributed by atoms with Crippen molar-refractivity contribution in [1.82, 2.24) is 4.90 Å². The Morgan fingerprint density at radius 2 is 1.96 bits per heavy atom. The highest BCUT2D eigenvalue weighted by Gasteiger charge is 2.62. The van der Waals surface area contributed by atoms with E-state index in [1.807, 2.05) is 0 Å². The van der Waals surface area contributed by atoms with E-state index in [1.165, 1.54) is 11.0 Å². The Kier molecular flexibility index (Phi) is 3.15. The highest BCUT2D eigenvalue weighted by Crippen LogP contribution is 2.47. The molecule has 4 atom stereocenters. The standard InChI is InChI=1S/C16H12F3N3O3/c17-16(18,19)10-5-9(2-1-7(10)6-20)21-14(24)13-8-3-11(12(23)4-8)22(13)15(21)25/h1-2,5,8,11-13,23H,3-4H2/t8-,11+,12+,13-/m0/s1. The molecule has 0 spiro atoms. The van der Waals surface area contributed by atoms with Gasteiger partial charge in [-0.2, -0.15) is 18.4 Å². The second-order valence-corrected chi connectivity index (χ2v) is 6.51. The summed E-state index contributed by atoms with van der Waals surface area (Å²) in [6.07, 6.45) is -4.57. The lowest BCUT2D eigenvalue weighted by Gasteiger charge is -2.29. The van der Waals surface area contributed by atoms with E-state index in [4.69, 9.17) is 5.26 Å². The minimum Gasteiger partial charge on any atom is -0.391 e. The van der Waals surface area contributed by atoms with Gasteiger partial charge >= 0.3 is 12.2 Å². The van der Waals surface area contributed by atoms with Crippen LogP contribution in [0.15, 0.2) is 18.2 Å². The van der Waals surface area contributed by atoms with Gasteiger partial charge in [-0.15, -0.1) is 0 Å². The summed E-state index contributed by atoms with van der Waals surface area (Å²) in [6, 6.07) is 2.29. The Bertz CT molecular complexity index is 832. The molecule has 1 saturated carbocycles. The van der Waals surface area contributed by atoms with Crippen LogP contribution in [0.5, 0.6) is 0 Å². The fourth-order valence-electron chi connectivity index (χ4n) is 4.19. The third kappa shape index (κ3) is 2.07. The third-order valence-electron chi connectivity index (χ3n) is 5.21. The molecule has 130 valence electrons. The van der Waals surface area contributed by atoms with Gasteiger partial charge in [0.05, 0.1) is 35.0 Å². The summed E-state index contributed by atoms with van der Waals surface area (Å²) in [7, 11) is 0. The van der Waals surface area contributed by atoms with Gasteiger partial charge in [0.15, 0.2) is 0 Å². The Balaban J connectivity index is 1.75. The summed E-state index contributed by atoms with van der Waals surface area (Å²) in [5.74, 6) is -0.760. The van der Waals surface area contributed by atoms with Crippen LogP contribution in [0.2, 0.25) is 0 Å². The Morgan fingerprint density at radius 1 is 1.24 bits per heavy atom. The molecule has 1 N–H and O–H groups in total. The number of nitrogens with zero attached hydrogens (tertiary/aromatic N) is 3. The topological polar surface area (TPSA) is 84.6 Å². The van der Waals surface area contributed by atoms with E-state index in [1.54, 1.807) is 0 Å². The molecule has 6 nitrogen and oxygen atoms in total. The molecular weight excluding hydrogens is 339 g/mol. The number of carbonyl (C=O) groups is 2. The summed E-state index contributed by atoms with van der Waals surface area (Å²) in [5, 5.41) is 18.8. The van der Waals surface area contributed by atoms with E-state index >= 15 is 0 Å². The average molecular weight is 351 g/mol. The van der Waals surface area contributed by atoms with Crippen molar-refractivity contribution in [2.45, 2.75) is 37.2 Å². The van der Waals surface area contributed by atoms with Gasteiger partial charge in [0.25, 0.3) is 5.91 Å². The number of urea groups is 1. The molecule has 0 unspecified atom stereocenters. The number of benzene rings is 1. The predicted octanol–water partition coefficient (Wildman–Crippen LogP) is 1.87. The van der Waals surface area contributed by atoms with Crippen molar-refractivity contribution in [2.24, 2.45) is 5.92 Å². The van der Waals surface area contributed by atoms with Gasteiger partial charge in [0, 0.05) is 0 Å². The normalized spacial score (nSPS) is 30.8. The number of imide groups is 1. The van der Waals surface area contributed by atoms with Crippen molar-refractivity contribution < 1.29 is 27.9 Å². The molecule has 1 aromatic rings. The predicted molar refractivity (Wildman–Crippen MR) is 77.2 cm³/mol. The molecule has 1 aromatic carbocycles. The maximum Gasteiger partial charge on any atom is 0.417 e. The number of aliphatic hydroxyl groups excluding tert-OH is 1. The van der Waals surface area contributed by atoms with Crippen LogP contribution in [-0.2, 0) is 11.0 Å². The summed E-state index contributed by atoms with van der Waals surface area (Å²) >= 11 is 0. The molecule has 2 saturated heterocycles. The summed E-state index contributed by atoms with van der Waals surface area (Å²) in [4.78, 5) is 27.3. The quantitative estimate of drug-likeness (QED) is 0.783. The molecule has 2 aliphatic heterocycles. The monoisotopic (exact) mass is 351 g/mol. The lowest BCUT2D eigenvalue weighted by molar-refractivity contribution is -0.137. The highest BCUT2D eigenvalue weighted by atomic mass is 19.4. The number of anilines is 1. The Labute approximate surface area is 140 Å². The molecule has 25 heavy (non-hydrogen) atoms. The minimum absolute atomic E-state index is 0.179. The summed E-state index contributed by atoms with van der Waals surface area (Å²) in [6.45, 7) is 0. The number of amides is 3. The van der Waals surface area contributed by atoms with Crippen LogP contribution in [-0.4, -0.2) is 40.1 Å². The molecule has 9 heteroatoms. The number of hydrogen-bond donors (Lipinski definition) is 1. The van der Waals surface area contributed by atoms with Crippen LogP contribution in [0, 0.1) is 17.2 Å². The SMILES string of the molecule is N#Cc1ccc(N2C(=O)[C@@H]3[C@@H]4C[C@@H](O)[C@@H](C4)N3C2=O)cc1C(F)(F)F. The molecular formula is C16H12F3N3O3. The third-order valence-corrected chi connectivity index (χ3v) is 5.21. The van der Waals surface area contributed by atoms with Crippen molar-refractivity contribution in [3.8, 4) is 6.07 Å². The molecule has 4 rings (SSSR count). The molecule has 3 amide bonds. The van der Waals surface area contributed by atoms with E-state index in [2.05, 4.69) is 0 Å². The molecule has 3 fully saturated rings. The Morgan fingerprint density at radius 3 is 2.60 bits per heavy atom. The lowest BCUT2D eigenvalue weighted by atomic mass is 9.98. The fraction of sp³-hybridized carbons (Fsp3) is 0.438. The highest BCUT2D eigenvalue weighted by molar-refractivity contribution is 6.22. The number of piperidine rings is 1. The summed E-state index contributed by atoms with van der Waals surface area (Å²) < 4.78 is 39.4. The number of hydrogen-bond acceptors (Lipinski definition) is 4. The van der Waals surface area contributed by atoms with Crippen molar-refractivity contribution in [3.63, 3.8) is 0 Å². The number of aliphatic hydroxyl groups is 1. The van der Waals surface area contributed by atoms with Gasteiger partial charge in [-0.3, -0.25) is 4.79 Å². The largest absolute Gasteiger partial charge is 0.417 e. The first-order chi connectivity index (χ1) is 11.7. The second kappa shape index (κ2) is 4.95. The van der Waals surface area contributed by atoms with Gasteiger partial charge in [-0.1, -0.05) is 0 Å². The van der Waals surface area contributed by atoms with Gasteiger partial charge < -0.3 is 10.0 Å². The number of rotatable bonds is 1. The molecule has 0 aromatic heterocycles. The van der Waals surface area contributed by atoms with Crippen LogP contribution < -0.4 is 4.90 Å². The zero-order chi connectivity index (χ0) is 18.1. The number of alkyl halides is 3. The maximum absolute atomic E-state index is 13.1. The zero-order valence-corrected chi connectivity index (χ0v) is 12.7. The molecule has 2 bridgehead atoms. The fourth-order valence-corrected chi connectivity index (χ4v) is 4.19. The number of fused-ring (bicyclic) bond motifs is 5. The molecule has 1 aliphatic carbocycles. The average Bonchev–Trinajstić information content (AvgIpc) is 3.17. The first-order valence-electron chi connectivity index (χ1n) is 7.69. The summed E-state index contributed by atoms with van der Waals surface area (Å²) in [5.41, 5.74) is -1.99. The molecule has 2 heterocycles. The van der Waals surface area contributed by atoms with Crippen LogP contribution >= 0.6 is 0 Å². The van der Waals surface area contributed by atoms with Crippen molar-refractivity contribution in [3.05, 3.63) is 29.3 Å². The first-order valence-corrected chi connectivity index (χ1v) is 7.69. The van der Waals surface area contributed by atoms with E-state index < -0.39 is 47.4 Å². The van der Waals surface area contributed by atoms with Crippen LogP contribution in [0.3, 0.4) is 0 Å². The van der Waals surface area contributed by atoms with Gasteiger partial charge in [0.2, 0.25) is 0 Å². The van der Waals surface area contributed by atoms with E-state index in [9.17, 15) is 27.9 Å². The first kappa shape index (κ1) is 15.9. The number of carbonyl (C=O) groups excluding carboxylic acids is 2. The number of halogens is 3. The van der Waals surface area contributed by atoms with Crippen LogP contribution in [0.4, 0.5) is 23.7 Å². The number of nitriles is 1. The van der Waals surface area contributed by atoms with Crippen molar-refractivity contribution in [1.29, 1.82) is 5.26 Å². The minimum atomic E-state index is -4.78. The lowest BCUT2D eigenvalue weighted by Crippen LogP contribution is -2.47.